The predicted molar refractivity (Wildman–Crippen MR) is 168 cm³/mol. The summed E-state index contributed by atoms with van der Waals surface area (Å²) in [5.74, 6) is 1.53. The number of ether oxygens (including phenoxy) is 2. The third-order valence-corrected chi connectivity index (χ3v) is 7.38. The van der Waals surface area contributed by atoms with Gasteiger partial charge in [-0.2, -0.15) is 9.68 Å². The van der Waals surface area contributed by atoms with Gasteiger partial charge >= 0.3 is 0 Å². The lowest BCUT2D eigenvalue weighted by Crippen LogP contribution is -2.48. The van der Waals surface area contributed by atoms with E-state index >= 15 is 4.39 Å². The van der Waals surface area contributed by atoms with Crippen molar-refractivity contribution in [3.63, 3.8) is 0 Å². The van der Waals surface area contributed by atoms with Crippen LogP contribution in [0.25, 0.3) is 10.9 Å². The van der Waals surface area contributed by atoms with Crippen molar-refractivity contribution in [1.82, 2.24) is 24.8 Å². The molecule has 0 spiro atoms. The fourth-order valence-corrected chi connectivity index (χ4v) is 5.26. The Labute approximate surface area is 254 Å². The van der Waals surface area contributed by atoms with Crippen LogP contribution in [-0.4, -0.2) is 101 Å². The second-order valence-electron chi connectivity index (χ2n) is 10.7. The average molecular weight is 598 g/mol. The highest BCUT2D eigenvalue weighted by molar-refractivity contribution is 6.01. The molecule has 0 aliphatic carbocycles. The molecule has 0 saturated carbocycles. The fourth-order valence-electron chi connectivity index (χ4n) is 5.26. The number of carbonyl (C=O) groups excluding carboxylic acids is 1. The molecular weight excluding hydrogens is 563 g/mol. The second kappa shape index (κ2) is 12.6. The summed E-state index contributed by atoms with van der Waals surface area (Å²) in [5, 5.41) is 9.75. The molecule has 0 saturated heterocycles. The summed E-state index contributed by atoms with van der Waals surface area (Å²) >= 11 is 0. The lowest BCUT2D eigenvalue weighted by molar-refractivity contribution is -0.453. The number of halogens is 1. The van der Waals surface area contributed by atoms with Crippen LogP contribution < -0.4 is 14.8 Å². The second-order valence-corrected chi connectivity index (χ2v) is 10.7. The molecule has 4 heterocycles. The zero-order valence-electron chi connectivity index (χ0n) is 24.9. The number of hydrogen-bond donors (Lipinski definition) is 1. The molecular formula is C32H34FN8O3+. The van der Waals surface area contributed by atoms with Crippen LogP contribution in [0.1, 0.15) is 6.92 Å². The number of carbonyl (C=O) groups is 1. The van der Waals surface area contributed by atoms with Crippen molar-refractivity contribution in [2.24, 2.45) is 5.10 Å². The van der Waals surface area contributed by atoms with Gasteiger partial charge in [0.05, 0.1) is 29.7 Å². The van der Waals surface area contributed by atoms with E-state index in [1.165, 1.54) is 12.4 Å². The Kier molecular flexibility index (Phi) is 8.33. The highest BCUT2D eigenvalue weighted by Crippen LogP contribution is 2.41. The largest absolute Gasteiger partial charge is 0.475 e. The number of rotatable bonds is 8. The molecule has 1 amide bonds. The van der Waals surface area contributed by atoms with Crippen molar-refractivity contribution < 1.29 is 23.2 Å². The van der Waals surface area contributed by atoms with E-state index in [-0.39, 0.29) is 11.6 Å². The Bertz CT molecular complexity index is 1750. The molecule has 0 radical (unpaired) electrons. The molecule has 0 bridgehead atoms. The molecule has 0 unspecified atom stereocenters. The van der Waals surface area contributed by atoms with Crippen LogP contribution in [0.4, 0.5) is 21.6 Å². The number of nitrogens with one attached hydrogen (secondary N) is 1. The van der Waals surface area contributed by atoms with Gasteiger partial charge < -0.3 is 24.6 Å². The number of benzene rings is 2. The topological polar surface area (TPSA) is 98.4 Å². The van der Waals surface area contributed by atoms with E-state index in [4.69, 9.17) is 9.47 Å². The fraction of sp³-hybridized carbons (Fsp3) is 0.281. The minimum atomic E-state index is -0.492. The van der Waals surface area contributed by atoms with E-state index < -0.39 is 5.82 Å². The first-order valence-corrected chi connectivity index (χ1v) is 14.4. The minimum absolute atomic E-state index is 0.0121. The number of hydrogen-bond acceptors (Lipinski definition) is 9. The standard InChI is InChI=1S/C32H34FN8O3/c1-4-36-40-14-11-23(12-15-40)44-24-7-8-26(25(33)18-24)37-32-30-27(34-21-35-32)9-10-28-31(30)43-20-22-19-39(16-17-41(22)28)29(42)6-5-13-38(2)3/h4-12,14,18,21H,13,15-17,19-20H2,1-3H3,(H,34,35,37)/q+1/b6-5+,36-4-. The van der Waals surface area contributed by atoms with Gasteiger partial charge in [-0.15, -0.1) is 0 Å². The van der Waals surface area contributed by atoms with E-state index in [0.29, 0.717) is 73.3 Å². The quantitative estimate of drug-likeness (QED) is 0.236. The number of anilines is 2. The van der Waals surface area contributed by atoms with Gasteiger partial charge in [0.15, 0.2) is 13.2 Å². The Morgan fingerprint density at radius 1 is 1.27 bits per heavy atom. The Morgan fingerprint density at radius 3 is 2.93 bits per heavy atom. The van der Waals surface area contributed by atoms with Crippen molar-refractivity contribution in [1.29, 1.82) is 0 Å². The summed E-state index contributed by atoms with van der Waals surface area (Å²) < 4.78 is 29.6. The van der Waals surface area contributed by atoms with Gasteiger partial charge in [0.2, 0.25) is 23.1 Å². The number of amides is 1. The maximum Gasteiger partial charge on any atom is 0.248 e. The molecule has 0 atom stereocenters. The molecule has 1 N–H and O–H groups in total. The number of fused-ring (bicyclic) bond motifs is 4. The molecule has 12 heteroatoms. The molecule has 6 rings (SSSR count). The van der Waals surface area contributed by atoms with E-state index in [1.807, 2.05) is 55.1 Å². The van der Waals surface area contributed by atoms with Crippen LogP contribution in [0, 0.1) is 5.82 Å². The number of allylic oxidation sites excluding steroid dienone is 1. The van der Waals surface area contributed by atoms with Gasteiger partial charge in [-0.1, -0.05) is 6.08 Å². The summed E-state index contributed by atoms with van der Waals surface area (Å²) in [7, 11) is 3.92. The lowest BCUT2D eigenvalue weighted by atomic mass is 10.1. The SMILES string of the molecule is C/C=N\N1C=CC(Oc2ccc(Nc3ncnc4ccc5c(c34)OCC3=[N+]5CCN(C(=O)/C=C/CN(C)C)C3)c(F)c2)=CC1. The Balaban J connectivity index is 1.22. The average Bonchev–Trinajstić information content (AvgIpc) is 3.02. The van der Waals surface area contributed by atoms with Gasteiger partial charge in [0.25, 0.3) is 0 Å². The van der Waals surface area contributed by atoms with Gasteiger partial charge in [0, 0.05) is 37.2 Å². The summed E-state index contributed by atoms with van der Waals surface area (Å²) in [6.45, 7) is 5.13. The van der Waals surface area contributed by atoms with Gasteiger partial charge in [-0.25, -0.2) is 14.4 Å². The monoisotopic (exact) mass is 597 g/mol. The van der Waals surface area contributed by atoms with E-state index in [2.05, 4.69) is 25.0 Å². The zero-order chi connectivity index (χ0) is 30.6. The van der Waals surface area contributed by atoms with Crippen LogP contribution in [0.15, 0.2) is 78.0 Å². The summed E-state index contributed by atoms with van der Waals surface area (Å²) in [5.41, 5.74) is 2.78. The van der Waals surface area contributed by atoms with Crippen LogP contribution in [-0.2, 0) is 4.79 Å². The first-order chi connectivity index (χ1) is 21.4. The van der Waals surface area contributed by atoms with Crippen LogP contribution in [0.5, 0.6) is 11.5 Å². The summed E-state index contributed by atoms with van der Waals surface area (Å²) in [6.07, 6.45) is 12.1. The van der Waals surface area contributed by atoms with Gasteiger partial charge in [-0.05, 0) is 51.4 Å². The Hall–Kier alpha value is -5.10. The van der Waals surface area contributed by atoms with Gasteiger partial charge in [-0.3, -0.25) is 9.80 Å². The number of hydrazone groups is 1. The highest BCUT2D eigenvalue weighted by Gasteiger charge is 2.36. The van der Waals surface area contributed by atoms with Crippen molar-refractivity contribution in [3.05, 3.63) is 78.7 Å². The van der Waals surface area contributed by atoms with Crippen LogP contribution in [0.3, 0.4) is 0 Å². The minimum Gasteiger partial charge on any atom is -0.475 e. The lowest BCUT2D eigenvalue weighted by Gasteiger charge is -2.29. The first-order valence-electron chi connectivity index (χ1n) is 14.4. The van der Waals surface area contributed by atoms with Crippen molar-refractivity contribution in [3.8, 4) is 11.5 Å². The molecule has 3 aromatic rings. The van der Waals surface area contributed by atoms with E-state index in [0.717, 1.165) is 11.4 Å². The molecule has 2 aromatic carbocycles. The third-order valence-electron chi connectivity index (χ3n) is 7.38. The van der Waals surface area contributed by atoms with Crippen LogP contribution in [0.2, 0.25) is 0 Å². The van der Waals surface area contributed by atoms with Crippen molar-refractivity contribution >= 4 is 45.9 Å². The van der Waals surface area contributed by atoms with Crippen molar-refractivity contribution in [2.75, 3.05) is 58.7 Å². The van der Waals surface area contributed by atoms with Crippen molar-refractivity contribution in [2.45, 2.75) is 6.92 Å². The normalized spacial score (nSPS) is 16.4. The molecule has 0 fully saturated rings. The predicted octanol–water partition coefficient (Wildman–Crippen LogP) is 4.05. The number of nitrogens with zero attached hydrogens (tertiary/aromatic N) is 7. The highest BCUT2D eigenvalue weighted by atomic mass is 19.1. The third kappa shape index (κ3) is 6.16. The number of aromatic nitrogens is 2. The molecule has 226 valence electrons. The molecule has 3 aliphatic heterocycles. The molecule has 44 heavy (non-hydrogen) atoms. The van der Waals surface area contributed by atoms with Gasteiger partial charge in [0.1, 0.15) is 36.0 Å². The molecule has 11 nitrogen and oxygen atoms in total. The summed E-state index contributed by atoms with van der Waals surface area (Å²) in [6, 6.07) is 8.52. The zero-order valence-corrected chi connectivity index (χ0v) is 24.9. The summed E-state index contributed by atoms with van der Waals surface area (Å²) in [4.78, 5) is 25.5. The maximum atomic E-state index is 15.3. The van der Waals surface area contributed by atoms with Crippen LogP contribution >= 0.6 is 0 Å². The smallest absolute Gasteiger partial charge is 0.248 e. The maximum absolute atomic E-state index is 15.3. The first kappa shape index (κ1) is 29.0. The molecule has 1 aromatic heterocycles. The van der Waals surface area contributed by atoms with E-state index in [9.17, 15) is 4.79 Å². The van der Waals surface area contributed by atoms with E-state index in [1.54, 1.807) is 41.7 Å². The molecule has 3 aliphatic rings. The Morgan fingerprint density at radius 2 is 2.16 bits per heavy atom. The number of likely N-dealkylation sites (N-methyl/N-ethyl adjacent to an activating group) is 1.